The highest BCUT2D eigenvalue weighted by molar-refractivity contribution is 8.44. The second-order valence-corrected chi connectivity index (χ2v) is 9.47. The summed E-state index contributed by atoms with van der Waals surface area (Å²) in [6.07, 6.45) is 0.481. The fourth-order valence-electron chi connectivity index (χ4n) is 2.18. The van der Waals surface area contributed by atoms with Gasteiger partial charge in [-0.05, 0) is 25.7 Å². The minimum atomic E-state index is -3.35. The molecule has 3 amide bonds. The molecule has 0 aliphatic rings. The van der Waals surface area contributed by atoms with Crippen molar-refractivity contribution < 1.29 is 52.5 Å². The summed E-state index contributed by atoms with van der Waals surface area (Å²) < 4.78 is 30.7. The van der Waals surface area contributed by atoms with E-state index in [1.165, 1.54) is 7.11 Å². The van der Waals surface area contributed by atoms with Crippen LogP contribution in [0.3, 0.4) is 0 Å². The zero-order valence-corrected chi connectivity index (χ0v) is 20.1. The van der Waals surface area contributed by atoms with Gasteiger partial charge in [-0.2, -0.15) is 0 Å². The van der Waals surface area contributed by atoms with Gasteiger partial charge in [-0.15, -0.1) is 0 Å². The van der Waals surface area contributed by atoms with Crippen LogP contribution in [-0.2, 0) is 32.7 Å². The molecule has 0 aromatic heterocycles. The molecule has 16 heteroatoms. The van der Waals surface area contributed by atoms with Crippen molar-refractivity contribution >= 4 is 43.1 Å². The first kappa shape index (κ1) is 30.9. The molecule has 0 spiro atoms. The van der Waals surface area contributed by atoms with Gasteiger partial charge >= 0.3 is 30.9 Å². The molecular weight excluding hydrogens is 485 g/mol. The lowest BCUT2D eigenvalue weighted by molar-refractivity contribution is -0.139. The van der Waals surface area contributed by atoms with E-state index in [4.69, 9.17) is 19.1 Å². The lowest BCUT2D eigenvalue weighted by Crippen LogP contribution is -2.46. The first-order valence-electron chi connectivity index (χ1n) is 10.1. The van der Waals surface area contributed by atoms with Crippen molar-refractivity contribution in [2.45, 2.75) is 38.1 Å². The molecule has 5 N–H and O–H groups in total. The molecule has 0 saturated carbocycles. The van der Waals surface area contributed by atoms with E-state index in [9.17, 15) is 28.8 Å². The van der Waals surface area contributed by atoms with Gasteiger partial charge in [0, 0.05) is 26.6 Å². The molecule has 2 atom stereocenters. The van der Waals surface area contributed by atoms with Crippen molar-refractivity contribution in [3.05, 3.63) is 0 Å². The Balaban J connectivity index is 3.79. The number of carboxylic acid groups (broad SMARTS) is 2. The second kappa shape index (κ2) is 18.4. The van der Waals surface area contributed by atoms with Crippen molar-refractivity contribution in [2.24, 2.45) is 0 Å². The maximum Gasteiger partial charge on any atom is 0.407 e. The molecule has 33 heavy (non-hydrogen) atoms. The van der Waals surface area contributed by atoms with Crippen molar-refractivity contribution in [3.63, 3.8) is 0 Å². The van der Waals surface area contributed by atoms with E-state index in [1.807, 2.05) is 0 Å². The standard InChI is InChI=1S/C17H32N3O11PS/c1-28-32(27,33)31-12-10-29-9-11-30-17(26)19-7-3-2-5-13(15(23)24)20-16(25)18-8-4-6-14(21)22/h13H,2-12H2,1H3,(H,19,26)(H,21,22)(H,23,24)(H,27,33)(H2,18,20,25)/t13-,32?/m1/s1. The predicted octanol–water partition coefficient (Wildman–Crippen LogP) is 1.22. The minimum absolute atomic E-state index is 0.000604. The molecule has 0 aromatic rings. The van der Waals surface area contributed by atoms with E-state index in [-0.39, 0.29) is 58.8 Å². The second-order valence-electron chi connectivity index (χ2n) is 6.44. The van der Waals surface area contributed by atoms with E-state index >= 15 is 0 Å². The largest absolute Gasteiger partial charge is 0.481 e. The Hall–Kier alpha value is -2.06. The number of amides is 3. The average molecular weight is 517 g/mol. The zero-order valence-electron chi connectivity index (χ0n) is 18.3. The summed E-state index contributed by atoms with van der Waals surface area (Å²) in [5.41, 5.74) is 0. The van der Waals surface area contributed by atoms with Gasteiger partial charge in [0.15, 0.2) is 0 Å². The highest BCUT2D eigenvalue weighted by atomic mass is 32.7. The van der Waals surface area contributed by atoms with Gasteiger partial charge in [0.2, 0.25) is 0 Å². The summed E-state index contributed by atoms with van der Waals surface area (Å²) in [4.78, 5) is 44.9. The summed E-state index contributed by atoms with van der Waals surface area (Å²) >= 11 is 3.67. The Morgan fingerprint density at radius 1 is 0.970 bits per heavy atom. The van der Waals surface area contributed by atoms with Gasteiger partial charge in [0.1, 0.15) is 12.6 Å². The highest BCUT2D eigenvalue weighted by Crippen LogP contribution is 2.51. The van der Waals surface area contributed by atoms with Crippen LogP contribution in [0.2, 0.25) is 0 Å². The Labute approximate surface area is 196 Å². The molecular formula is C17H32N3O11PS. The lowest BCUT2D eigenvalue weighted by Gasteiger charge is -2.15. The van der Waals surface area contributed by atoms with Gasteiger partial charge in [-0.1, -0.05) is 12.2 Å². The molecule has 0 fully saturated rings. The van der Waals surface area contributed by atoms with E-state index < -0.39 is 36.9 Å². The van der Waals surface area contributed by atoms with Crippen LogP contribution < -0.4 is 16.0 Å². The Bertz CT molecular complexity index is 668. The van der Waals surface area contributed by atoms with Gasteiger partial charge in [-0.25, -0.2) is 18.9 Å². The summed E-state index contributed by atoms with van der Waals surface area (Å²) in [7, 11) is 1.20. The summed E-state index contributed by atoms with van der Waals surface area (Å²) in [6.45, 7) is -2.79. The molecule has 0 saturated heterocycles. The van der Waals surface area contributed by atoms with E-state index in [0.717, 1.165) is 0 Å². The normalized spacial score (nSPS) is 13.4. The summed E-state index contributed by atoms with van der Waals surface area (Å²) in [6, 6.07) is -1.81. The van der Waals surface area contributed by atoms with Crippen LogP contribution in [0.1, 0.15) is 32.1 Å². The van der Waals surface area contributed by atoms with Crippen LogP contribution in [-0.4, -0.2) is 86.9 Å². The van der Waals surface area contributed by atoms with Crippen LogP contribution in [0.4, 0.5) is 9.59 Å². The number of carbonyl (C=O) groups is 4. The maximum absolute atomic E-state index is 11.7. The molecule has 0 aromatic carbocycles. The first-order chi connectivity index (χ1) is 15.6. The van der Waals surface area contributed by atoms with Crippen LogP contribution in [0.15, 0.2) is 0 Å². The van der Waals surface area contributed by atoms with E-state index in [2.05, 4.69) is 32.7 Å². The Morgan fingerprint density at radius 2 is 1.64 bits per heavy atom. The van der Waals surface area contributed by atoms with Crippen LogP contribution in [0.5, 0.6) is 0 Å². The summed E-state index contributed by atoms with van der Waals surface area (Å²) in [5, 5.41) is 24.9. The molecule has 1 unspecified atom stereocenters. The highest BCUT2D eigenvalue weighted by Gasteiger charge is 2.19. The monoisotopic (exact) mass is 517 g/mol. The van der Waals surface area contributed by atoms with Crippen molar-refractivity contribution in [1.29, 1.82) is 0 Å². The SMILES string of the molecule is COP(=O)(S)OCCOCCOC(=O)NCCCC[C@@H](NC(=O)NCCCC(=O)O)C(=O)O. The van der Waals surface area contributed by atoms with Crippen LogP contribution in [0.25, 0.3) is 0 Å². The van der Waals surface area contributed by atoms with Crippen molar-refractivity contribution in [2.75, 3.05) is 46.6 Å². The number of ether oxygens (including phenoxy) is 2. The molecule has 0 rings (SSSR count). The fourth-order valence-corrected chi connectivity index (χ4v) is 2.84. The zero-order chi connectivity index (χ0) is 25.1. The third-order valence-electron chi connectivity index (χ3n) is 3.82. The van der Waals surface area contributed by atoms with Gasteiger partial charge in [0.25, 0.3) is 0 Å². The van der Waals surface area contributed by atoms with Crippen LogP contribution >= 0.6 is 19.0 Å². The van der Waals surface area contributed by atoms with E-state index in [0.29, 0.717) is 12.8 Å². The third kappa shape index (κ3) is 19.1. The van der Waals surface area contributed by atoms with Gasteiger partial charge in [0.05, 0.1) is 19.8 Å². The number of hydrogen-bond acceptors (Lipinski definition) is 9. The minimum Gasteiger partial charge on any atom is -0.481 e. The van der Waals surface area contributed by atoms with Gasteiger partial charge < -0.3 is 40.2 Å². The number of urea groups is 1. The molecule has 0 aliphatic heterocycles. The summed E-state index contributed by atoms with van der Waals surface area (Å²) in [5.74, 6) is -2.18. The number of nitrogens with one attached hydrogen (secondary N) is 3. The van der Waals surface area contributed by atoms with E-state index in [1.54, 1.807) is 0 Å². The maximum atomic E-state index is 11.7. The predicted molar refractivity (Wildman–Crippen MR) is 118 cm³/mol. The quantitative estimate of drug-likeness (QED) is 0.0818. The Morgan fingerprint density at radius 3 is 2.27 bits per heavy atom. The first-order valence-corrected chi connectivity index (χ1v) is 12.8. The molecule has 0 radical (unpaired) electrons. The number of thiol groups is 1. The topological polar surface area (TPSA) is 199 Å². The molecule has 192 valence electrons. The number of carbonyl (C=O) groups excluding carboxylic acids is 2. The number of hydrogen-bond donors (Lipinski definition) is 6. The van der Waals surface area contributed by atoms with Crippen molar-refractivity contribution in [3.8, 4) is 0 Å². The number of carboxylic acids is 2. The molecule has 0 aliphatic carbocycles. The van der Waals surface area contributed by atoms with Gasteiger partial charge in [-0.3, -0.25) is 9.32 Å². The fraction of sp³-hybridized carbons (Fsp3) is 0.765. The third-order valence-corrected chi connectivity index (χ3v) is 5.63. The smallest absolute Gasteiger partial charge is 0.407 e. The average Bonchev–Trinajstić information content (AvgIpc) is 2.74. The number of rotatable bonds is 19. The number of unbranched alkanes of at least 4 members (excludes halogenated alkanes) is 1. The molecule has 0 heterocycles. The Kier molecular flexibility index (Phi) is 17.2. The van der Waals surface area contributed by atoms with Crippen LogP contribution in [0, 0.1) is 0 Å². The van der Waals surface area contributed by atoms with Crippen molar-refractivity contribution in [1.82, 2.24) is 16.0 Å². The number of alkyl carbamates (subject to hydrolysis) is 1. The molecule has 0 bridgehead atoms. The number of aliphatic carboxylic acids is 2. The lowest BCUT2D eigenvalue weighted by atomic mass is 10.1. The molecule has 14 nitrogen and oxygen atoms in total.